The van der Waals surface area contributed by atoms with Crippen LogP contribution in [0.1, 0.15) is 16.8 Å². The maximum absolute atomic E-state index is 12.8. The molecule has 0 atom stereocenters. The first-order valence-corrected chi connectivity index (χ1v) is 7.78. The number of carbonyl (C=O) groups excluding carboxylic acids is 1. The van der Waals surface area contributed by atoms with Crippen molar-refractivity contribution in [3.63, 3.8) is 0 Å². The number of halogens is 1. The molecule has 0 aliphatic heterocycles. The molecule has 122 valence electrons. The molecule has 0 amide bonds. The lowest BCUT2D eigenvalue weighted by molar-refractivity contribution is -0.107. The quantitative estimate of drug-likeness (QED) is 0.686. The zero-order valence-corrected chi connectivity index (χ0v) is 13.7. The van der Waals surface area contributed by atoms with Gasteiger partial charge >= 0.3 is 0 Å². The summed E-state index contributed by atoms with van der Waals surface area (Å²) in [6.07, 6.45) is 0.950. The summed E-state index contributed by atoms with van der Waals surface area (Å²) < 4.78 is 14.3. The number of fused-ring (bicyclic) bond motifs is 1. The van der Waals surface area contributed by atoms with Crippen LogP contribution < -0.4 is 5.56 Å². The fourth-order valence-electron chi connectivity index (χ4n) is 3.08. The van der Waals surface area contributed by atoms with E-state index in [4.69, 9.17) is 0 Å². The summed E-state index contributed by atoms with van der Waals surface area (Å²) in [7, 11) is 1.68. The third-order valence-corrected chi connectivity index (χ3v) is 4.35. The Morgan fingerprint density at radius 3 is 2.42 bits per heavy atom. The van der Waals surface area contributed by atoms with Crippen LogP contribution in [0.5, 0.6) is 0 Å². The maximum atomic E-state index is 12.8. The molecule has 3 rings (SSSR count). The first-order chi connectivity index (χ1) is 11.6. The minimum absolute atomic E-state index is 0.119. The van der Waals surface area contributed by atoms with Gasteiger partial charge in [0.2, 0.25) is 0 Å². The fourth-order valence-corrected chi connectivity index (χ4v) is 3.08. The molecule has 0 fully saturated rings. The zero-order chi connectivity index (χ0) is 17.3. The average Bonchev–Trinajstić information content (AvgIpc) is 2.60. The van der Waals surface area contributed by atoms with Crippen molar-refractivity contribution in [3.05, 3.63) is 69.6 Å². The van der Waals surface area contributed by atoms with Crippen molar-refractivity contribution in [2.24, 2.45) is 7.05 Å². The molecule has 2 aromatic carbocycles. The molecular formula is C20H18FNO2. The molecule has 0 aliphatic rings. The number of hydrogen-bond acceptors (Lipinski definition) is 2. The highest BCUT2D eigenvalue weighted by Gasteiger charge is 2.16. The zero-order valence-electron chi connectivity index (χ0n) is 13.7. The van der Waals surface area contributed by atoms with Crippen LogP contribution in [0.15, 0.2) is 47.3 Å². The molecule has 3 aromatic rings. The Morgan fingerprint density at radius 2 is 1.79 bits per heavy atom. The van der Waals surface area contributed by atoms with Gasteiger partial charge in [-0.1, -0.05) is 42.0 Å². The van der Waals surface area contributed by atoms with Crippen LogP contribution >= 0.6 is 0 Å². The Labute approximate surface area is 139 Å². The van der Waals surface area contributed by atoms with Gasteiger partial charge < -0.3 is 9.36 Å². The molecule has 4 heteroatoms. The lowest BCUT2D eigenvalue weighted by Gasteiger charge is -2.17. The molecule has 0 spiro atoms. The first kappa shape index (κ1) is 16.1. The second-order valence-electron chi connectivity index (χ2n) is 5.94. The van der Waals surface area contributed by atoms with Crippen LogP contribution in [0, 0.1) is 6.92 Å². The minimum Gasteiger partial charge on any atom is -0.314 e. The normalized spacial score (nSPS) is 11.0. The Balaban J connectivity index is 2.43. The number of carbonyl (C=O) groups is 1. The molecule has 1 heterocycles. The van der Waals surface area contributed by atoms with Crippen molar-refractivity contribution in [3.8, 4) is 11.1 Å². The monoisotopic (exact) mass is 323 g/mol. The number of aldehydes is 1. The maximum Gasteiger partial charge on any atom is 0.258 e. The Morgan fingerprint density at radius 1 is 1.08 bits per heavy atom. The largest absolute Gasteiger partial charge is 0.314 e. The van der Waals surface area contributed by atoms with E-state index in [1.54, 1.807) is 19.2 Å². The fraction of sp³-hybridized carbons (Fsp3) is 0.200. The number of aromatic nitrogens is 1. The Kier molecular flexibility index (Phi) is 4.30. The molecule has 3 nitrogen and oxygen atoms in total. The van der Waals surface area contributed by atoms with Gasteiger partial charge in [-0.2, -0.15) is 0 Å². The predicted molar refractivity (Wildman–Crippen MR) is 93.9 cm³/mol. The number of aryl methyl sites for hydroxylation is 1. The molecular weight excluding hydrogens is 305 g/mol. The van der Waals surface area contributed by atoms with E-state index < -0.39 is 6.67 Å². The van der Waals surface area contributed by atoms with Crippen LogP contribution in [0.3, 0.4) is 0 Å². The van der Waals surface area contributed by atoms with Crippen LogP contribution in [0.4, 0.5) is 4.39 Å². The smallest absolute Gasteiger partial charge is 0.258 e. The van der Waals surface area contributed by atoms with Gasteiger partial charge in [0.05, 0.1) is 0 Å². The molecule has 0 unspecified atom stereocenters. The van der Waals surface area contributed by atoms with Crippen molar-refractivity contribution < 1.29 is 9.18 Å². The number of nitrogens with zero attached hydrogens (tertiary/aromatic N) is 1. The number of hydrogen-bond donors (Lipinski definition) is 0. The molecule has 0 bridgehead atoms. The van der Waals surface area contributed by atoms with Crippen molar-refractivity contribution in [1.29, 1.82) is 0 Å². The van der Waals surface area contributed by atoms with Crippen molar-refractivity contribution in [2.45, 2.75) is 20.0 Å². The molecule has 1 aromatic heterocycles. The van der Waals surface area contributed by atoms with Gasteiger partial charge in [-0.3, -0.25) is 4.79 Å². The van der Waals surface area contributed by atoms with Crippen LogP contribution in [0.25, 0.3) is 21.9 Å². The highest BCUT2D eigenvalue weighted by molar-refractivity contribution is 5.98. The van der Waals surface area contributed by atoms with E-state index in [1.807, 2.05) is 37.3 Å². The second kappa shape index (κ2) is 6.40. The minimum atomic E-state index is -0.519. The summed E-state index contributed by atoms with van der Waals surface area (Å²) in [5, 5.41) is 1.44. The molecule has 0 radical (unpaired) electrons. The number of benzene rings is 2. The first-order valence-electron chi connectivity index (χ1n) is 7.78. The SMILES string of the molecule is Cc1ccc2c(=O)n(C)c(CC=O)c(-c3ccc(CF)cc3)c2c1. The van der Waals surface area contributed by atoms with E-state index in [0.717, 1.165) is 28.4 Å². The van der Waals surface area contributed by atoms with Crippen molar-refractivity contribution in [1.82, 2.24) is 4.57 Å². The van der Waals surface area contributed by atoms with E-state index in [-0.39, 0.29) is 12.0 Å². The molecule has 0 saturated heterocycles. The molecule has 0 aliphatic carbocycles. The van der Waals surface area contributed by atoms with Gasteiger partial charge in [-0.25, -0.2) is 4.39 Å². The van der Waals surface area contributed by atoms with Crippen molar-refractivity contribution in [2.75, 3.05) is 0 Å². The number of rotatable bonds is 4. The predicted octanol–water partition coefficient (Wildman–Crippen LogP) is 3.72. The molecule has 0 saturated carbocycles. The Bertz CT molecular complexity index is 972. The summed E-state index contributed by atoms with van der Waals surface area (Å²) in [6.45, 7) is 1.45. The summed E-state index contributed by atoms with van der Waals surface area (Å²) in [5.74, 6) is 0. The van der Waals surface area contributed by atoms with E-state index >= 15 is 0 Å². The third kappa shape index (κ3) is 2.64. The van der Waals surface area contributed by atoms with Crippen LogP contribution in [-0.2, 0) is 24.9 Å². The summed E-state index contributed by atoms with van der Waals surface area (Å²) >= 11 is 0. The topological polar surface area (TPSA) is 39.1 Å². The van der Waals surface area contributed by atoms with Gasteiger partial charge in [0.1, 0.15) is 13.0 Å². The number of pyridine rings is 1. The van der Waals surface area contributed by atoms with Crippen LogP contribution in [-0.4, -0.2) is 10.9 Å². The lowest BCUT2D eigenvalue weighted by atomic mass is 9.94. The summed E-state index contributed by atoms with van der Waals surface area (Å²) in [5.41, 5.74) is 3.91. The third-order valence-electron chi connectivity index (χ3n) is 4.35. The average molecular weight is 323 g/mol. The van der Waals surface area contributed by atoms with Crippen LogP contribution in [0.2, 0.25) is 0 Å². The van der Waals surface area contributed by atoms with Gasteiger partial charge in [-0.15, -0.1) is 0 Å². The molecule has 0 N–H and O–H groups in total. The molecule has 24 heavy (non-hydrogen) atoms. The summed E-state index contributed by atoms with van der Waals surface area (Å²) in [6, 6.07) is 12.8. The second-order valence-corrected chi connectivity index (χ2v) is 5.94. The van der Waals surface area contributed by atoms with Gasteiger partial charge in [-0.05, 0) is 29.5 Å². The van der Waals surface area contributed by atoms with Gasteiger partial charge in [0.15, 0.2) is 0 Å². The van der Waals surface area contributed by atoms with E-state index in [9.17, 15) is 14.0 Å². The van der Waals surface area contributed by atoms with Crippen molar-refractivity contribution >= 4 is 17.1 Å². The number of alkyl halides is 1. The Hall–Kier alpha value is -2.75. The highest BCUT2D eigenvalue weighted by atomic mass is 19.1. The lowest BCUT2D eigenvalue weighted by Crippen LogP contribution is -2.22. The van der Waals surface area contributed by atoms with E-state index in [0.29, 0.717) is 16.6 Å². The van der Waals surface area contributed by atoms with Gasteiger partial charge in [0.25, 0.3) is 5.56 Å². The van der Waals surface area contributed by atoms with Gasteiger partial charge in [0, 0.05) is 30.1 Å². The summed E-state index contributed by atoms with van der Waals surface area (Å²) in [4.78, 5) is 23.8. The highest BCUT2D eigenvalue weighted by Crippen LogP contribution is 2.31. The van der Waals surface area contributed by atoms with E-state index in [1.165, 1.54) is 4.57 Å². The standard InChI is InChI=1S/C20H18FNO2/c1-13-3-8-16-17(11-13)19(15-6-4-14(12-21)5-7-15)18(9-10-23)22(2)20(16)24/h3-8,10-11H,9,12H2,1-2H3. The van der Waals surface area contributed by atoms with E-state index in [2.05, 4.69) is 0 Å².